The lowest BCUT2D eigenvalue weighted by Crippen LogP contribution is -2.40. The zero-order valence-electron chi connectivity index (χ0n) is 13.7. The number of hydrogen-bond acceptors (Lipinski definition) is 2. The highest BCUT2D eigenvalue weighted by Gasteiger charge is 2.47. The van der Waals surface area contributed by atoms with Crippen LogP contribution in [0.15, 0.2) is 42.5 Å². The van der Waals surface area contributed by atoms with Gasteiger partial charge in [-0.15, -0.1) is 0 Å². The Hall–Kier alpha value is -2.69. The molecule has 1 aliphatic carbocycles. The second-order valence-electron chi connectivity index (χ2n) is 6.93. The fourth-order valence-electron chi connectivity index (χ4n) is 4.09. The third kappa shape index (κ3) is 2.51. The molecule has 25 heavy (non-hydrogen) atoms. The fourth-order valence-corrected chi connectivity index (χ4v) is 4.09. The lowest BCUT2D eigenvalue weighted by Gasteiger charge is -2.26. The van der Waals surface area contributed by atoms with Crippen molar-refractivity contribution in [3.63, 3.8) is 0 Å². The van der Waals surface area contributed by atoms with E-state index in [0.29, 0.717) is 31.5 Å². The number of amides is 1. The quantitative estimate of drug-likeness (QED) is 0.935. The second-order valence-corrected chi connectivity index (χ2v) is 6.93. The number of halogens is 1. The van der Waals surface area contributed by atoms with Gasteiger partial charge in [-0.3, -0.25) is 9.59 Å². The number of benzene rings is 2. The molecule has 4 rings (SSSR count). The van der Waals surface area contributed by atoms with E-state index in [9.17, 15) is 19.1 Å². The molecule has 0 aromatic heterocycles. The minimum absolute atomic E-state index is 0.120. The van der Waals surface area contributed by atoms with Crippen molar-refractivity contribution in [2.24, 2.45) is 5.41 Å². The van der Waals surface area contributed by atoms with E-state index in [0.717, 1.165) is 16.7 Å². The summed E-state index contributed by atoms with van der Waals surface area (Å²) in [5.41, 5.74) is 1.92. The summed E-state index contributed by atoms with van der Waals surface area (Å²) in [6.45, 7) is 0.401. The lowest BCUT2D eigenvalue weighted by molar-refractivity contribution is -0.150. The van der Waals surface area contributed by atoms with Crippen LogP contribution in [-0.4, -0.2) is 23.5 Å². The molecule has 0 fully saturated rings. The van der Waals surface area contributed by atoms with Gasteiger partial charge in [0.25, 0.3) is 0 Å². The van der Waals surface area contributed by atoms with Crippen molar-refractivity contribution < 1.29 is 19.1 Å². The van der Waals surface area contributed by atoms with Gasteiger partial charge < -0.3 is 10.0 Å². The standard InChI is InChI=1S/C20H18FNO3/c21-16-7-3-6-13-8-9-22(18(13)16)17(23)12-20(19(24)25)10-14-4-1-2-5-15(14)11-20/h1-7H,8-12H2,(H,24,25). The first-order chi connectivity index (χ1) is 12.0. The zero-order valence-corrected chi connectivity index (χ0v) is 13.7. The number of carbonyl (C=O) groups excluding carboxylic acids is 1. The van der Waals surface area contributed by atoms with Crippen molar-refractivity contribution in [3.05, 3.63) is 65.0 Å². The first-order valence-corrected chi connectivity index (χ1v) is 8.38. The highest BCUT2D eigenvalue weighted by Crippen LogP contribution is 2.41. The van der Waals surface area contributed by atoms with Crippen molar-refractivity contribution >= 4 is 17.6 Å². The number of rotatable bonds is 3. The molecule has 1 N–H and O–H groups in total. The number of anilines is 1. The second kappa shape index (κ2) is 5.69. The Balaban J connectivity index is 1.62. The van der Waals surface area contributed by atoms with Crippen LogP contribution < -0.4 is 4.90 Å². The van der Waals surface area contributed by atoms with Gasteiger partial charge >= 0.3 is 5.97 Å². The molecule has 2 aromatic carbocycles. The summed E-state index contributed by atoms with van der Waals surface area (Å²) < 4.78 is 14.2. The van der Waals surface area contributed by atoms with Crippen molar-refractivity contribution in [2.45, 2.75) is 25.7 Å². The van der Waals surface area contributed by atoms with Gasteiger partial charge in [0, 0.05) is 13.0 Å². The van der Waals surface area contributed by atoms with Crippen LogP contribution in [0.25, 0.3) is 0 Å². The normalized spacial score (nSPS) is 17.2. The summed E-state index contributed by atoms with van der Waals surface area (Å²) in [5.74, 6) is -1.72. The molecule has 0 saturated carbocycles. The molecule has 1 heterocycles. The molecular formula is C20H18FNO3. The van der Waals surface area contributed by atoms with Crippen LogP contribution in [0.1, 0.15) is 23.1 Å². The van der Waals surface area contributed by atoms with E-state index in [1.165, 1.54) is 11.0 Å². The maximum Gasteiger partial charge on any atom is 0.310 e. The van der Waals surface area contributed by atoms with E-state index in [1.54, 1.807) is 6.07 Å². The van der Waals surface area contributed by atoms with Gasteiger partial charge in [-0.25, -0.2) is 4.39 Å². The molecule has 1 amide bonds. The molecule has 2 aromatic rings. The molecule has 0 atom stereocenters. The number of fused-ring (bicyclic) bond motifs is 2. The number of carboxylic acids is 1. The van der Waals surface area contributed by atoms with Crippen LogP contribution in [0.2, 0.25) is 0 Å². The third-order valence-electron chi connectivity index (χ3n) is 5.37. The van der Waals surface area contributed by atoms with Crippen LogP contribution in [-0.2, 0) is 28.9 Å². The Kier molecular flexibility index (Phi) is 3.60. The van der Waals surface area contributed by atoms with E-state index in [1.807, 2.05) is 30.3 Å². The SMILES string of the molecule is O=C(CC1(C(=O)O)Cc2ccccc2C1)N1CCc2cccc(F)c21. The smallest absolute Gasteiger partial charge is 0.310 e. The van der Waals surface area contributed by atoms with Gasteiger partial charge in [0.2, 0.25) is 5.91 Å². The van der Waals surface area contributed by atoms with Gasteiger partial charge in [-0.05, 0) is 42.0 Å². The summed E-state index contributed by atoms with van der Waals surface area (Å²) >= 11 is 0. The highest BCUT2D eigenvalue weighted by atomic mass is 19.1. The Bertz CT molecular complexity index is 852. The third-order valence-corrected chi connectivity index (χ3v) is 5.37. The van der Waals surface area contributed by atoms with E-state index in [-0.39, 0.29) is 12.3 Å². The number of nitrogens with zero attached hydrogens (tertiary/aromatic N) is 1. The number of carboxylic acid groups (broad SMARTS) is 1. The van der Waals surface area contributed by atoms with Gasteiger partial charge in [-0.1, -0.05) is 36.4 Å². The number of para-hydroxylation sites is 1. The van der Waals surface area contributed by atoms with E-state index in [4.69, 9.17) is 0 Å². The van der Waals surface area contributed by atoms with Gasteiger partial charge in [0.15, 0.2) is 0 Å². The first kappa shape index (κ1) is 15.8. The molecule has 0 saturated heterocycles. The van der Waals surface area contributed by atoms with Crippen LogP contribution >= 0.6 is 0 Å². The summed E-state index contributed by atoms with van der Waals surface area (Å²) in [4.78, 5) is 26.3. The Morgan fingerprint density at radius 1 is 1.04 bits per heavy atom. The van der Waals surface area contributed by atoms with Crippen LogP contribution in [0, 0.1) is 11.2 Å². The molecule has 4 nitrogen and oxygen atoms in total. The minimum atomic E-state index is -1.14. The average molecular weight is 339 g/mol. The molecule has 0 spiro atoms. The minimum Gasteiger partial charge on any atom is -0.481 e. The Morgan fingerprint density at radius 3 is 2.32 bits per heavy atom. The molecule has 0 unspecified atom stereocenters. The van der Waals surface area contributed by atoms with Crippen molar-refractivity contribution in [1.82, 2.24) is 0 Å². The lowest BCUT2D eigenvalue weighted by atomic mass is 9.81. The predicted molar refractivity (Wildman–Crippen MR) is 91.0 cm³/mol. The number of carbonyl (C=O) groups is 2. The van der Waals surface area contributed by atoms with Crippen LogP contribution in [0.3, 0.4) is 0 Å². The molecule has 5 heteroatoms. The van der Waals surface area contributed by atoms with Gasteiger partial charge in [-0.2, -0.15) is 0 Å². The van der Waals surface area contributed by atoms with Gasteiger partial charge in [0.05, 0.1) is 11.1 Å². The Labute approximate surface area is 144 Å². The van der Waals surface area contributed by atoms with Crippen molar-refractivity contribution in [1.29, 1.82) is 0 Å². The molecule has 2 aliphatic rings. The molecule has 128 valence electrons. The predicted octanol–water partition coefficient (Wildman–Crippen LogP) is 2.97. The monoisotopic (exact) mass is 339 g/mol. The average Bonchev–Trinajstić information content (AvgIpc) is 3.17. The Morgan fingerprint density at radius 2 is 1.68 bits per heavy atom. The van der Waals surface area contributed by atoms with Gasteiger partial charge in [0.1, 0.15) is 5.82 Å². The summed E-state index contributed by atoms with van der Waals surface area (Å²) in [5, 5.41) is 9.83. The molecule has 0 bridgehead atoms. The summed E-state index contributed by atoms with van der Waals surface area (Å²) in [7, 11) is 0. The van der Waals surface area contributed by atoms with E-state index in [2.05, 4.69) is 0 Å². The van der Waals surface area contributed by atoms with Crippen LogP contribution in [0.4, 0.5) is 10.1 Å². The summed E-state index contributed by atoms with van der Waals surface area (Å²) in [6, 6.07) is 12.4. The van der Waals surface area contributed by atoms with Crippen LogP contribution in [0.5, 0.6) is 0 Å². The first-order valence-electron chi connectivity index (χ1n) is 8.38. The molecule has 0 radical (unpaired) electrons. The highest BCUT2D eigenvalue weighted by molar-refractivity contribution is 5.98. The van der Waals surface area contributed by atoms with E-state index >= 15 is 0 Å². The molecule has 1 aliphatic heterocycles. The maximum absolute atomic E-state index is 14.2. The topological polar surface area (TPSA) is 57.6 Å². The molecular weight excluding hydrogens is 321 g/mol. The number of aliphatic carboxylic acids is 1. The van der Waals surface area contributed by atoms with Crippen molar-refractivity contribution in [3.8, 4) is 0 Å². The van der Waals surface area contributed by atoms with Crippen molar-refractivity contribution in [2.75, 3.05) is 11.4 Å². The number of hydrogen-bond donors (Lipinski definition) is 1. The fraction of sp³-hybridized carbons (Fsp3) is 0.300. The van der Waals surface area contributed by atoms with E-state index < -0.39 is 17.2 Å². The maximum atomic E-state index is 14.2. The summed E-state index contributed by atoms with van der Waals surface area (Å²) in [6.07, 6.45) is 1.15. The zero-order chi connectivity index (χ0) is 17.6. The largest absolute Gasteiger partial charge is 0.481 e.